The number of carbonyl (C=O) groups is 2. The zero-order valence-electron chi connectivity index (χ0n) is 14.6. The summed E-state index contributed by atoms with van der Waals surface area (Å²) in [5.41, 5.74) is 1.31. The summed E-state index contributed by atoms with van der Waals surface area (Å²) in [6.45, 7) is 2.61. The zero-order valence-corrected chi connectivity index (χ0v) is 14.6. The van der Waals surface area contributed by atoms with Crippen LogP contribution in [0.4, 0.5) is 4.39 Å². The lowest BCUT2D eigenvalue weighted by Gasteiger charge is -2.17. The van der Waals surface area contributed by atoms with Crippen LogP contribution in [-0.4, -0.2) is 23.6 Å². The van der Waals surface area contributed by atoms with Crippen molar-refractivity contribution in [1.29, 1.82) is 0 Å². The third-order valence-electron chi connectivity index (χ3n) is 3.72. The SMILES string of the molecule is CCCOc1cccc(CC(=O)NC(CC(=O)O)c2ccc(F)cc2)c1. The van der Waals surface area contributed by atoms with Gasteiger partial charge >= 0.3 is 5.97 Å². The Bertz CT molecular complexity index is 746. The number of rotatable bonds is 9. The minimum absolute atomic E-state index is 0.0979. The predicted molar refractivity (Wildman–Crippen MR) is 95.5 cm³/mol. The smallest absolute Gasteiger partial charge is 0.305 e. The van der Waals surface area contributed by atoms with Crippen molar-refractivity contribution >= 4 is 11.9 Å². The molecule has 26 heavy (non-hydrogen) atoms. The molecule has 2 rings (SSSR count). The van der Waals surface area contributed by atoms with Crippen molar-refractivity contribution < 1.29 is 23.8 Å². The fourth-order valence-corrected chi connectivity index (χ4v) is 2.52. The van der Waals surface area contributed by atoms with E-state index in [1.54, 1.807) is 6.07 Å². The van der Waals surface area contributed by atoms with E-state index in [0.29, 0.717) is 17.9 Å². The van der Waals surface area contributed by atoms with Crippen molar-refractivity contribution in [2.45, 2.75) is 32.2 Å². The van der Waals surface area contributed by atoms with Crippen LogP contribution in [0.5, 0.6) is 5.75 Å². The number of hydrogen-bond donors (Lipinski definition) is 2. The number of hydrogen-bond acceptors (Lipinski definition) is 3. The molecular weight excluding hydrogens is 337 g/mol. The Morgan fingerprint density at radius 1 is 1.19 bits per heavy atom. The van der Waals surface area contributed by atoms with E-state index >= 15 is 0 Å². The molecule has 0 bridgehead atoms. The molecule has 1 unspecified atom stereocenters. The summed E-state index contributed by atoms with van der Waals surface area (Å²) >= 11 is 0. The Morgan fingerprint density at radius 2 is 1.92 bits per heavy atom. The summed E-state index contributed by atoms with van der Waals surface area (Å²) in [5, 5.41) is 11.8. The van der Waals surface area contributed by atoms with Gasteiger partial charge in [-0.15, -0.1) is 0 Å². The van der Waals surface area contributed by atoms with Crippen molar-refractivity contribution in [3.63, 3.8) is 0 Å². The molecule has 2 aromatic rings. The number of carbonyl (C=O) groups excluding carboxylic acids is 1. The van der Waals surface area contributed by atoms with Gasteiger partial charge in [0.05, 0.1) is 25.5 Å². The third kappa shape index (κ3) is 6.20. The van der Waals surface area contributed by atoms with E-state index in [9.17, 15) is 14.0 Å². The highest BCUT2D eigenvalue weighted by Gasteiger charge is 2.18. The highest BCUT2D eigenvalue weighted by atomic mass is 19.1. The van der Waals surface area contributed by atoms with Gasteiger partial charge in [0.2, 0.25) is 5.91 Å². The van der Waals surface area contributed by atoms with Crippen LogP contribution >= 0.6 is 0 Å². The molecule has 0 spiro atoms. The second-order valence-electron chi connectivity index (χ2n) is 5.94. The zero-order chi connectivity index (χ0) is 18.9. The maximum Gasteiger partial charge on any atom is 0.305 e. The number of nitrogens with one attached hydrogen (secondary N) is 1. The first-order chi connectivity index (χ1) is 12.5. The molecule has 0 aliphatic rings. The number of aliphatic carboxylic acids is 1. The fourth-order valence-electron chi connectivity index (χ4n) is 2.52. The van der Waals surface area contributed by atoms with Crippen LogP contribution in [0.2, 0.25) is 0 Å². The molecule has 1 atom stereocenters. The van der Waals surface area contributed by atoms with Gasteiger partial charge in [-0.2, -0.15) is 0 Å². The van der Waals surface area contributed by atoms with Gasteiger partial charge in [0.15, 0.2) is 0 Å². The molecule has 0 heterocycles. The van der Waals surface area contributed by atoms with Gasteiger partial charge in [-0.1, -0.05) is 31.2 Å². The Hall–Kier alpha value is -2.89. The van der Waals surface area contributed by atoms with E-state index in [2.05, 4.69) is 5.32 Å². The Kier molecular flexibility index (Phi) is 7.14. The summed E-state index contributed by atoms with van der Waals surface area (Å²) in [6, 6.07) is 11.9. The first kappa shape index (κ1) is 19.4. The molecule has 2 N–H and O–H groups in total. The lowest BCUT2D eigenvalue weighted by molar-refractivity contribution is -0.137. The van der Waals surface area contributed by atoms with E-state index in [4.69, 9.17) is 9.84 Å². The van der Waals surface area contributed by atoms with Gasteiger partial charge in [0, 0.05) is 0 Å². The lowest BCUT2D eigenvalue weighted by Crippen LogP contribution is -2.31. The monoisotopic (exact) mass is 359 g/mol. The molecule has 1 amide bonds. The van der Waals surface area contributed by atoms with Crippen LogP contribution in [0.1, 0.15) is 36.9 Å². The fraction of sp³-hybridized carbons (Fsp3) is 0.300. The number of ether oxygens (including phenoxy) is 1. The van der Waals surface area contributed by atoms with Crippen molar-refractivity contribution in [2.24, 2.45) is 0 Å². The van der Waals surface area contributed by atoms with Gasteiger partial charge in [-0.05, 0) is 41.8 Å². The number of amides is 1. The summed E-state index contributed by atoms with van der Waals surface area (Å²) in [6.07, 6.45) is 0.705. The summed E-state index contributed by atoms with van der Waals surface area (Å²) in [4.78, 5) is 23.4. The molecule has 2 aromatic carbocycles. The topological polar surface area (TPSA) is 75.6 Å². The average Bonchev–Trinajstić information content (AvgIpc) is 2.60. The average molecular weight is 359 g/mol. The molecule has 0 aromatic heterocycles. The first-order valence-electron chi connectivity index (χ1n) is 8.46. The number of benzene rings is 2. The first-order valence-corrected chi connectivity index (χ1v) is 8.46. The molecule has 0 radical (unpaired) electrons. The molecule has 0 saturated heterocycles. The van der Waals surface area contributed by atoms with E-state index in [1.807, 2.05) is 25.1 Å². The van der Waals surface area contributed by atoms with Crippen LogP contribution in [0, 0.1) is 5.82 Å². The number of carboxylic acids is 1. The van der Waals surface area contributed by atoms with Crippen molar-refractivity contribution in [3.8, 4) is 5.75 Å². The minimum atomic E-state index is -1.05. The van der Waals surface area contributed by atoms with Gasteiger partial charge < -0.3 is 15.2 Å². The molecule has 6 heteroatoms. The molecule has 0 aliphatic carbocycles. The lowest BCUT2D eigenvalue weighted by atomic mass is 10.0. The van der Waals surface area contributed by atoms with E-state index < -0.39 is 17.8 Å². The van der Waals surface area contributed by atoms with Gasteiger partial charge in [-0.3, -0.25) is 9.59 Å². The quantitative estimate of drug-likeness (QED) is 0.719. The minimum Gasteiger partial charge on any atom is -0.494 e. The summed E-state index contributed by atoms with van der Waals surface area (Å²) < 4.78 is 18.6. The third-order valence-corrected chi connectivity index (χ3v) is 3.72. The van der Waals surface area contributed by atoms with Crippen LogP contribution in [0.3, 0.4) is 0 Å². The van der Waals surface area contributed by atoms with E-state index in [-0.39, 0.29) is 18.7 Å². The summed E-state index contributed by atoms with van der Waals surface area (Å²) in [7, 11) is 0. The molecule has 0 aliphatic heterocycles. The molecular formula is C20H22FNO4. The molecule has 0 fully saturated rings. The van der Waals surface area contributed by atoms with Crippen molar-refractivity contribution in [2.75, 3.05) is 6.61 Å². The normalized spacial score (nSPS) is 11.6. The second-order valence-corrected chi connectivity index (χ2v) is 5.94. The number of carboxylic acid groups (broad SMARTS) is 1. The van der Waals surface area contributed by atoms with Crippen LogP contribution in [0.25, 0.3) is 0 Å². The standard InChI is InChI=1S/C20H22FNO4/c1-2-10-26-17-5-3-4-14(11-17)12-19(23)22-18(13-20(24)25)15-6-8-16(21)9-7-15/h3-9,11,18H,2,10,12-13H2,1H3,(H,22,23)(H,24,25). The van der Waals surface area contributed by atoms with Crippen LogP contribution in [0.15, 0.2) is 48.5 Å². The van der Waals surface area contributed by atoms with Gasteiger partial charge in [0.1, 0.15) is 11.6 Å². The van der Waals surface area contributed by atoms with Crippen molar-refractivity contribution in [3.05, 3.63) is 65.5 Å². The maximum absolute atomic E-state index is 13.1. The molecule has 138 valence electrons. The van der Waals surface area contributed by atoms with Crippen molar-refractivity contribution in [1.82, 2.24) is 5.32 Å². The van der Waals surface area contributed by atoms with Gasteiger partial charge in [0.25, 0.3) is 0 Å². The molecule has 0 saturated carbocycles. The molecule has 5 nitrogen and oxygen atoms in total. The maximum atomic E-state index is 13.1. The van der Waals surface area contributed by atoms with Crippen LogP contribution < -0.4 is 10.1 Å². The van der Waals surface area contributed by atoms with E-state index in [0.717, 1.165) is 12.0 Å². The summed E-state index contributed by atoms with van der Waals surface area (Å²) in [5.74, 6) is -1.08. The Morgan fingerprint density at radius 3 is 2.58 bits per heavy atom. The van der Waals surface area contributed by atoms with Gasteiger partial charge in [-0.25, -0.2) is 4.39 Å². The predicted octanol–water partition coefficient (Wildman–Crippen LogP) is 3.49. The highest BCUT2D eigenvalue weighted by Crippen LogP contribution is 2.19. The number of halogens is 1. The Labute approximate surface area is 151 Å². The van der Waals surface area contributed by atoms with Crippen LogP contribution in [-0.2, 0) is 16.0 Å². The highest BCUT2D eigenvalue weighted by molar-refractivity contribution is 5.80. The Balaban J connectivity index is 2.04. The largest absolute Gasteiger partial charge is 0.494 e. The second kappa shape index (κ2) is 9.56. The van der Waals surface area contributed by atoms with E-state index in [1.165, 1.54) is 24.3 Å².